The molecule has 1 N–H and O–H groups in total. The number of likely N-dealkylation sites (N-methyl/N-ethyl adjacent to an activating group) is 1. The Bertz CT molecular complexity index is 368. The number of carbonyl (C=O) groups excluding carboxylic acids is 2. The first-order valence-corrected chi connectivity index (χ1v) is 7.85. The van der Waals surface area contributed by atoms with E-state index in [9.17, 15) is 9.59 Å². The van der Waals surface area contributed by atoms with Gasteiger partial charge in [-0.1, -0.05) is 13.8 Å². The van der Waals surface area contributed by atoms with E-state index in [-0.39, 0.29) is 30.1 Å². The number of hydrogen-bond acceptors (Lipinski definition) is 3. The first-order valence-electron chi connectivity index (χ1n) is 7.85. The molecule has 6 heteroatoms. The van der Waals surface area contributed by atoms with Crippen LogP contribution in [0.15, 0.2) is 0 Å². The molecule has 2 amide bonds. The van der Waals surface area contributed by atoms with Gasteiger partial charge >= 0.3 is 0 Å². The maximum absolute atomic E-state index is 12.5. The number of hydrogen-bond donors (Lipinski definition) is 1. The van der Waals surface area contributed by atoms with Crippen LogP contribution in [0.2, 0.25) is 0 Å². The van der Waals surface area contributed by atoms with Crippen LogP contribution < -0.4 is 5.32 Å². The fraction of sp³-hybridized carbons (Fsp3) is 0.867. The number of nitrogens with one attached hydrogen (secondary N) is 1. The molecule has 0 aliphatic carbocycles. The zero-order valence-corrected chi connectivity index (χ0v) is 14.1. The summed E-state index contributed by atoms with van der Waals surface area (Å²) in [5, 5.41) is 3.28. The van der Waals surface area contributed by atoms with E-state index in [1.807, 2.05) is 16.8 Å². The van der Waals surface area contributed by atoms with Crippen LogP contribution in [0.4, 0.5) is 0 Å². The third kappa shape index (κ3) is 3.89. The average molecular weight is 318 g/mol. The minimum Gasteiger partial charge on any atom is -0.341 e. The Kier molecular flexibility index (Phi) is 6.94. The molecule has 2 aliphatic rings. The van der Waals surface area contributed by atoms with Gasteiger partial charge in [-0.05, 0) is 25.8 Å². The Hall–Kier alpha value is -0.810. The molecular formula is C15H28ClN3O2. The number of likely N-dealkylation sites (tertiary alicyclic amines) is 1. The molecule has 0 aromatic heterocycles. The lowest BCUT2D eigenvalue weighted by Crippen LogP contribution is -2.43. The minimum absolute atomic E-state index is 0. The highest BCUT2D eigenvalue weighted by Crippen LogP contribution is 2.25. The van der Waals surface area contributed by atoms with E-state index in [1.165, 1.54) is 0 Å². The van der Waals surface area contributed by atoms with Crippen molar-refractivity contribution in [2.45, 2.75) is 51.6 Å². The van der Waals surface area contributed by atoms with Crippen molar-refractivity contribution >= 4 is 24.2 Å². The summed E-state index contributed by atoms with van der Waals surface area (Å²) in [6, 6.07) is 0.582. The van der Waals surface area contributed by atoms with Crippen LogP contribution >= 0.6 is 12.4 Å². The maximum Gasteiger partial charge on any atom is 0.228 e. The fourth-order valence-electron chi connectivity index (χ4n) is 3.42. The van der Waals surface area contributed by atoms with Crippen LogP contribution in [-0.4, -0.2) is 60.4 Å². The second kappa shape index (κ2) is 7.99. The molecule has 2 heterocycles. The minimum atomic E-state index is -0.145. The Morgan fingerprint density at radius 1 is 1.43 bits per heavy atom. The van der Waals surface area contributed by atoms with E-state index in [0.717, 1.165) is 32.4 Å². The molecule has 2 aliphatic heterocycles. The van der Waals surface area contributed by atoms with E-state index >= 15 is 0 Å². The van der Waals surface area contributed by atoms with Crippen molar-refractivity contribution in [1.29, 1.82) is 0 Å². The third-order valence-electron chi connectivity index (χ3n) is 4.82. The Balaban J connectivity index is 0.00000220. The summed E-state index contributed by atoms with van der Waals surface area (Å²) < 4.78 is 0. The summed E-state index contributed by atoms with van der Waals surface area (Å²) in [6.07, 6.45) is 3.33. The molecule has 2 saturated heterocycles. The van der Waals surface area contributed by atoms with E-state index in [1.54, 1.807) is 0 Å². The van der Waals surface area contributed by atoms with Gasteiger partial charge in [0.1, 0.15) is 0 Å². The van der Waals surface area contributed by atoms with Gasteiger partial charge in [0.05, 0.1) is 5.92 Å². The fourth-order valence-corrected chi connectivity index (χ4v) is 3.42. The molecule has 2 atom stereocenters. The number of carbonyl (C=O) groups is 2. The molecule has 122 valence electrons. The zero-order valence-electron chi connectivity index (χ0n) is 13.3. The summed E-state index contributed by atoms with van der Waals surface area (Å²) in [5.74, 6) is 0.143. The molecule has 21 heavy (non-hydrogen) atoms. The van der Waals surface area contributed by atoms with Crippen LogP contribution in [0, 0.1) is 5.92 Å². The summed E-state index contributed by atoms with van der Waals surface area (Å²) >= 11 is 0. The normalized spacial score (nSPS) is 25.3. The molecule has 5 nitrogen and oxygen atoms in total. The van der Waals surface area contributed by atoms with Crippen LogP contribution in [0.1, 0.15) is 39.5 Å². The van der Waals surface area contributed by atoms with Gasteiger partial charge in [-0.25, -0.2) is 0 Å². The molecule has 2 fully saturated rings. The molecule has 2 rings (SSSR count). The van der Waals surface area contributed by atoms with Gasteiger partial charge in [-0.3, -0.25) is 9.59 Å². The molecule has 0 bridgehead atoms. The lowest BCUT2D eigenvalue weighted by Gasteiger charge is -2.28. The van der Waals surface area contributed by atoms with Crippen molar-refractivity contribution in [1.82, 2.24) is 15.1 Å². The van der Waals surface area contributed by atoms with Crippen LogP contribution in [0.5, 0.6) is 0 Å². The smallest absolute Gasteiger partial charge is 0.228 e. The van der Waals surface area contributed by atoms with E-state index in [2.05, 4.69) is 19.2 Å². The number of nitrogens with zero attached hydrogens (tertiary/aromatic N) is 2. The third-order valence-corrected chi connectivity index (χ3v) is 4.82. The first kappa shape index (κ1) is 18.2. The Morgan fingerprint density at radius 2 is 2.10 bits per heavy atom. The highest BCUT2D eigenvalue weighted by atomic mass is 35.5. The lowest BCUT2D eigenvalue weighted by atomic mass is 10.1. The molecule has 0 aromatic carbocycles. The quantitative estimate of drug-likeness (QED) is 0.830. The summed E-state index contributed by atoms with van der Waals surface area (Å²) in [7, 11) is 1.88. The van der Waals surface area contributed by atoms with Gasteiger partial charge in [0.25, 0.3) is 0 Å². The van der Waals surface area contributed by atoms with Crippen molar-refractivity contribution in [3.8, 4) is 0 Å². The van der Waals surface area contributed by atoms with Gasteiger partial charge < -0.3 is 15.1 Å². The predicted molar refractivity (Wildman–Crippen MR) is 85.5 cm³/mol. The Morgan fingerprint density at radius 3 is 2.62 bits per heavy atom. The molecular weight excluding hydrogens is 290 g/mol. The number of amides is 2. The van der Waals surface area contributed by atoms with Crippen molar-refractivity contribution in [2.75, 3.05) is 26.7 Å². The van der Waals surface area contributed by atoms with Crippen molar-refractivity contribution in [3.63, 3.8) is 0 Å². The zero-order chi connectivity index (χ0) is 14.7. The van der Waals surface area contributed by atoms with Gasteiger partial charge in [0.2, 0.25) is 11.8 Å². The van der Waals surface area contributed by atoms with Gasteiger partial charge in [-0.2, -0.15) is 0 Å². The van der Waals surface area contributed by atoms with Gasteiger partial charge in [-0.15, -0.1) is 12.4 Å². The second-order valence-electron chi connectivity index (χ2n) is 6.01. The maximum atomic E-state index is 12.5. The van der Waals surface area contributed by atoms with E-state index in [0.29, 0.717) is 25.0 Å². The molecule has 2 unspecified atom stereocenters. The number of halogens is 1. The molecule has 0 radical (unpaired) electrons. The van der Waals surface area contributed by atoms with Crippen molar-refractivity contribution in [3.05, 3.63) is 0 Å². The lowest BCUT2D eigenvalue weighted by molar-refractivity contribution is -0.136. The van der Waals surface area contributed by atoms with E-state index in [4.69, 9.17) is 0 Å². The van der Waals surface area contributed by atoms with Gasteiger partial charge in [0, 0.05) is 38.6 Å². The Labute approximate surface area is 133 Å². The van der Waals surface area contributed by atoms with E-state index < -0.39 is 0 Å². The van der Waals surface area contributed by atoms with Crippen LogP contribution in [0.3, 0.4) is 0 Å². The topological polar surface area (TPSA) is 52.7 Å². The average Bonchev–Trinajstić information content (AvgIpc) is 3.09. The summed E-state index contributed by atoms with van der Waals surface area (Å²) in [6.45, 7) is 6.67. The highest BCUT2D eigenvalue weighted by molar-refractivity contribution is 5.89. The predicted octanol–water partition coefficient (Wildman–Crippen LogP) is 1.27. The summed E-state index contributed by atoms with van der Waals surface area (Å²) in [5.41, 5.74) is 0. The molecule has 0 aromatic rings. The van der Waals surface area contributed by atoms with Gasteiger partial charge in [0.15, 0.2) is 0 Å². The molecule has 0 spiro atoms. The van der Waals surface area contributed by atoms with Crippen LogP contribution in [0.25, 0.3) is 0 Å². The van der Waals surface area contributed by atoms with Crippen molar-refractivity contribution < 1.29 is 9.59 Å². The van der Waals surface area contributed by atoms with Crippen molar-refractivity contribution in [2.24, 2.45) is 5.92 Å². The monoisotopic (exact) mass is 317 g/mol. The largest absolute Gasteiger partial charge is 0.341 e. The summed E-state index contributed by atoms with van der Waals surface area (Å²) in [4.78, 5) is 28.5. The molecule has 0 saturated carbocycles. The standard InChI is InChI=1S/C15H27N3O2.ClH/c1-4-12(5-2)18-10-11(8-14(18)19)15(20)17(3)13-6-7-16-9-13;/h11-13,16H,4-10H2,1-3H3;1H. The first-order chi connectivity index (χ1) is 9.58. The number of rotatable bonds is 5. The second-order valence-corrected chi connectivity index (χ2v) is 6.01. The van der Waals surface area contributed by atoms with Crippen LogP contribution in [-0.2, 0) is 9.59 Å². The highest BCUT2D eigenvalue weighted by Gasteiger charge is 2.39. The SMILES string of the molecule is CCC(CC)N1CC(C(=O)N(C)C2CCNC2)CC1=O.Cl.